The molecule has 3 N–H and O–H groups in total. The molecule has 5 rings (SSSR count). The van der Waals surface area contributed by atoms with Crippen molar-refractivity contribution in [2.45, 2.75) is 43.7 Å². The highest BCUT2D eigenvalue weighted by molar-refractivity contribution is 6.05. The summed E-state index contributed by atoms with van der Waals surface area (Å²) in [4.78, 5) is 35.7. The highest BCUT2D eigenvalue weighted by Crippen LogP contribution is 2.39. The molecule has 0 spiro atoms. The van der Waals surface area contributed by atoms with Crippen LogP contribution < -0.4 is 15.2 Å². The van der Waals surface area contributed by atoms with Crippen LogP contribution in [0.4, 0.5) is 0 Å². The number of carbonyl (C=O) groups excluding carboxylic acids is 2. The highest BCUT2D eigenvalue weighted by atomic mass is 16.2. The summed E-state index contributed by atoms with van der Waals surface area (Å²) in [5.41, 5.74) is 3.06. The molecule has 28 heavy (non-hydrogen) atoms. The number of likely N-dealkylation sites (tertiary alicyclic amines) is 1. The number of nitrogens with one attached hydrogen (secondary N) is 3. The lowest BCUT2D eigenvalue weighted by atomic mass is 10.0. The van der Waals surface area contributed by atoms with Gasteiger partial charge in [-0.25, -0.2) is 14.5 Å². The Balaban J connectivity index is 1.37. The molecule has 0 radical (unpaired) electrons. The van der Waals surface area contributed by atoms with E-state index < -0.39 is 6.04 Å². The molecule has 3 fully saturated rings. The first-order chi connectivity index (χ1) is 13.5. The number of hydrogen-bond acceptors (Lipinski definition) is 4. The zero-order valence-electron chi connectivity index (χ0n) is 16.4. The van der Waals surface area contributed by atoms with Crippen molar-refractivity contribution in [1.29, 1.82) is 0 Å². The standard InChI is InChI=1S/C20H26N6O2/c1-21-13-8-26(9-13)20(28)16(12-5-6-12)24-19(27)14-7-22-18-17(14)23-15(10-25(18)2)11-3-4-11/h7,10-13,16,21H,3-6,8-9H2,1-2H3,(H,24,27)/p+1. The summed E-state index contributed by atoms with van der Waals surface area (Å²) in [5, 5.41) is 6.20. The summed E-state index contributed by atoms with van der Waals surface area (Å²) in [5.74, 6) is 0.581. The normalized spacial score (nSPS) is 20.9. The lowest BCUT2D eigenvalue weighted by Gasteiger charge is -2.41. The third-order valence-corrected chi connectivity index (χ3v) is 6.24. The van der Waals surface area contributed by atoms with E-state index in [1.54, 1.807) is 6.20 Å². The Morgan fingerprint density at radius 3 is 2.68 bits per heavy atom. The maximum Gasteiger partial charge on any atom is 0.306 e. The second-order valence-electron chi connectivity index (χ2n) is 8.47. The quantitative estimate of drug-likeness (QED) is 0.622. The Bertz CT molecular complexity index is 940. The first kappa shape index (κ1) is 17.6. The van der Waals surface area contributed by atoms with E-state index in [2.05, 4.69) is 15.6 Å². The van der Waals surface area contributed by atoms with Crippen molar-refractivity contribution in [3.63, 3.8) is 0 Å². The van der Waals surface area contributed by atoms with E-state index in [9.17, 15) is 9.59 Å². The summed E-state index contributed by atoms with van der Waals surface area (Å²) >= 11 is 0. The van der Waals surface area contributed by atoms with Crippen LogP contribution >= 0.6 is 0 Å². The van der Waals surface area contributed by atoms with Gasteiger partial charge in [0.15, 0.2) is 5.52 Å². The molecule has 3 aliphatic rings. The van der Waals surface area contributed by atoms with E-state index in [4.69, 9.17) is 4.98 Å². The van der Waals surface area contributed by atoms with Gasteiger partial charge < -0.3 is 15.5 Å². The zero-order chi connectivity index (χ0) is 19.4. The van der Waals surface area contributed by atoms with Crippen molar-refractivity contribution in [1.82, 2.24) is 25.5 Å². The molecule has 1 aliphatic heterocycles. The molecule has 8 nitrogen and oxygen atoms in total. The van der Waals surface area contributed by atoms with Crippen molar-refractivity contribution >= 4 is 23.0 Å². The molecule has 2 saturated carbocycles. The number of aryl methyl sites for hydroxylation is 1. The van der Waals surface area contributed by atoms with Gasteiger partial charge in [0.1, 0.15) is 24.0 Å². The van der Waals surface area contributed by atoms with Gasteiger partial charge in [-0.2, -0.15) is 0 Å². The van der Waals surface area contributed by atoms with Gasteiger partial charge in [0.25, 0.3) is 5.91 Å². The van der Waals surface area contributed by atoms with Crippen LogP contribution in [0.2, 0.25) is 0 Å². The maximum atomic E-state index is 13.1. The van der Waals surface area contributed by atoms with Crippen LogP contribution in [-0.4, -0.2) is 58.9 Å². The van der Waals surface area contributed by atoms with Crippen LogP contribution in [0.1, 0.15) is 47.7 Å². The summed E-state index contributed by atoms with van der Waals surface area (Å²) in [6.07, 6.45) is 8.05. The molecule has 1 atom stereocenters. The fraction of sp³-hybridized carbons (Fsp3) is 0.600. The predicted octanol–water partition coefficient (Wildman–Crippen LogP) is 0.203. The Morgan fingerprint density at radius 2 is 2.04 bits per heavy atom. The third kappa shape index (κ3) is 3.05. The third-order valence-electron chi connectivity index (χ3n) is 6.24. The average Bonchev–Trinajstić information content (AvgIpc) is 3.55. The molecule has 2 aromatic rings. The van der Waals surface area contributed by atoms with Gasteiger partial charge in [0.05, 0.1) is 12.7 Å². The topological polar surface area (TPSA) is 94.0 Å². The number of carbonyl (C=O) groups is 2. The molecule has 2 aliphatic carbocycles. The second-order valence-corrected chi connectivity index (χ2v) is 8.47. The van der Waals surface area contributed by atoms with Crippen LogP contribution in [0.15, 0.2) is 12.4 Å². The second kappa shape index (κ2) is 6.55. The summed E-state index contributed by atoms with van der Waals surface area (Å²) in [7, 11) is 3.87. The van der Waals surface area contributed by atoms with Crippen molar-refractivity contribution in [3.05, 3.63) is 23.7 Å². The lowest BCUT2D eigenvalue weighted by Crippen LogP contribution is -2.63. The van der Waals surface area contributed by atoms with E-state index in [1.807, 2.05) is 29.8 Å². The molecule has 1 saturated heterocycles. The summed E-state index contributed by atoms with van der Waals surface area (Å²) < 4.78 is 1.99. The first-order valence-corrected chi connectivity index (χ1v) is 10.2. The fourth-order valence-electron chi connectivity index (χ4n) is 4.02. The molecular weight excluding hydrogens is 356 g/mol. The average molecular weight is 383 g/mol. The number of H-pyrrole nitrogens is 1. The van der Waals surface area contributed by atoms with Gasteiger partial charge in [-0.3, -0.25) is 9.59 Å². The monoisotopic (exact) mass is 383 g/mol. The van der Waals surface area contributed by atoms with Crippen molar-refractivity contribution in [2.24, 2.45) is 13.0 Å². The Labute approximate surface area is 163 Å². The Hall–Kier alpha value is -2.48. The molecule has 0 bridgehead atoms. The largest absolute Gasteiger partial charge is 0.340 e. The van der Waals surface area contributed by atoms with Gasteiger partial charge in [-0.1, -0.05) is 0 Å². The summed E-state index contributed by atoms with van der Waals surface area (Å²) in [6, 6.07) is -0.0752. The van der Waals surface area contributed by atoms with Gasteiger partial charge >= 0.3 is 5.65 Å². The molecule has 1 unspecified atom stereocenters. The van der Waals surface area contributed by atoms with E-state index in [0.717, 1.165) is 37.0 Å². The van der Waals surface area contributed by atoms with Gasteiger partial charge in [0.2, 0.25) is 5.91 Å². The SMILES string of the molecule is CNC1CN(C(=O)C(NC(=O)c2c[nH]c3c2nc(C2CC2)c[n+]3C)C2CC2)C1. The lowest BCUT2D eigenvalue weighted by molar-refractivity contribution is -0.647. The zero-order valence-corrected chi connectivity index (χ0v) is 16.4. The number of fused-ring (bicyclic) bond motifs is 1. The molecule has 8 heteroatoms. The molecule has 0 aromatic carbocycles. The van der Waals surface area contributed by atoms with Crippen molar-refractivity contribution < 1.29 is 14.2 Å². The van der Waals surface area contributed by atoms with Crippen molar-refractivity contribution in [2.75, 3.05) is 20.1 Å². The smallest absolute Gasteiger partial charge is 0.306 e. The van der Waals surface area contributed by atoms with Crippen LogP contribution in [0.5, 0.6) is 0 Å². The van der Waals surface area contributed by atoms with Crippen LogP contribution in [0.25, 0.3) is 11.2 Å². The Morgan fingerprint density at radius 1 is 1.29 bits per heavy atom. The number of likely N-dealkylation sites (N-methyl/N-ethyl adjacent to an activating group) is 1. The van der Waals surface area contributed by atoms with E-state index in [-0.39, 0.29) is 17.7 Å². The summed E-state index contributed by atoms with van der Waals surface area (Å²) in [6.45, 7) is 1.42. The molecule has 3 heterocycles. The highest BCUT2D eigenvalue weighted by Gasteiger charge is 2.42. The van der Waals surface area contributed by atoms with E-state index in [1.165, 1.54) is 0 Å². The number of amides is 2. The minimum Gasteiger partial charge on any atom is -0.340 e. The minimum absolute atomic E-state index is 0.0411. The van der Waals surface area contributed by atoms with Crippen LogP contribution in [0.3, 0.4) is 0 Å². The number of hydrogen-bond donors (Lipinski definition) is 3. The molecule has 148 valence electrons. The van der Waals surface area contributed by atoms with Gasteiger partial charge in [0, 0.05) is 25.0 Å². The maximum absolute atomic E-state index is 13.1. The van der Waals surface area contributed by atoms with E-state index in [0.29, 0.717) is 36.1 Å². The van der Waals surface area contributed by atoms with Gasteiger partial charge in [-0.15, -0.1) is 0 Å². The number of rotatable bonds is 6. The number of aromatic amines is 1. The van der Waals surface area contributed by atoms with Crippen LogP contribution in [0, 0.1) is 5.92 Å². The van der Waals surface area contributed by atoms with Crippen LogP contribution in [-0.2, 0) is 11.8 Å². The Kier molecular flexibility index (Phi) is 4.12. The van der Waals surface area contributed by atoms with Crippen molar-refractivity contribution in [3.8, 4) is 0 Å². The number of nitrogens with zero attached hydrogens (tertiary/aromatic N) is 3. The first-order valence-electron chi connectivity index (χ1n) is 10.2. The number of aromatic nitrogens is 3. The predicted molar refractivity (Wildman–Crippen MR) is 103 cm³/mol. The molecule has 2 amide bonds. The fourth-order valence-corrected chi connectivity index (χ4v) is 4.02. The molecular formula is C20H27N6O2+. The van der Waals surface area contributed by atoms with Gasteiger partial charge in [-0.05, 0) is 38.6 Å². The minimum atomic E-state index is -0.435. The molecule has 2 aromatic heterocycles. The van der Waals surface area contributed by atoms with E-state index >= 15 is 0 Å².